The smallest absolute Gasteiger partial charge is 0.0467 e. The van der Waals surface area contributed by atoms with Gasteiger partial charge in [0.05, 0.1) is 0 Å². The van der Waals surface area contributed by atoms with Crippen LogP contribution in [0.15, 0.2) is 534 Å². The minimum atomic E-state index is 1.08. The van der Waals surface area contributed by atoms with Gasteiger partial charge in [-0.2, -0.15) is 0 Å². The molecule has 0 atom stereocenters. The van der Waals surface area contributed by atoms with Crippen LogP contribution < -0.4 is 29.4 Å². The van der Waals surface area contributed by atoms with Gasteiger partial charge >= 0.3 is 0 Å². The van der Waals surface area contributed by atoms with Gasteiger partial charge in [0.2, 0.25) is 0 Å². The van der Waals surface area contributed by atoms with Gasteiger partial charge in [-0.25, -0.2) is 0 Å². The van der Waals surface area contributed by atoms with Crippen molar-refractivity contribution in [2.24, 2.45) is 0 Å². The number of para-hydroxylation sites is 4. The van der Waals surface area contributed by atoms with Crippen molar-refractivity contribution in [3.63, 3.8) is 0 Å². The Morgan fingerprint density at radius 1 is 0.0938 bits per heavy atom. The molecule has 0 fully saturated rings. The summed E-state index contributed by atoms with van der Waals surface area (Å²) in [4.78, 5) is 14.0. The standard InChI is InChI=1S/C62H50N4.C60H44N2/c1-47-23-31-55(32-24-47)63(51-15-7-3-8-16-51)59-39-43-61(44-40-59)65(53-19-11-5-12-20-53)57-35-27-49(28-36-57)50-29-37-58(38-30-50)66(54-21-13-6-14-22-54)62-45-41-60(42-46-62)64(52-17-9-4-10-18-52)56-33-25-48(2)26-34-56;1-5-17-45(18-6-1)51-25-13-29-57(41-51)61(58-30-14-26-52(42-58)46-19-7-2-8-20-46)55-37-33-49(34-38-55)50-35-39-56(40-36-50)62(59-31-15-27-53(43-59)47-21-9-3-10-22-47)60-32-16-28-54(44-60)48-23-11-4-12-24-48/h3-46H,1-2H3;1-44H. The van der Waals surface area contributed by atoms with Gasteiger partial charge in [0.1, 0.15) is 0 Å². The van der Waals surface area contributed by atoms with Crippen LogP contribution >= 0.6 is 0 Å². The summed E-state index contributed by atoms with van der Waals surface area (Å²) in [6.45, 7) is 4.25. The Kier molecular flexibility index (Phi) is 24.2. The maximum atomic E-state index is 2.36. The summed E-state index contributed by atoms with van der Waals surface area (Å²) in [6.07, 6.45) is 0. The molecule has 128 heavy (non-hydrogen) atoms. The van der Waals surface area contributed by atoms with Crippen LogP contribution in [0.1, 0.15) is 11.1 Å². The van der Waals surface area contributed by atoms with Crippen LogP contribution in [0.2, 0.25) is 0 Å². The molecule has 20 aromatic carbocycles. The lowest BCUT2D eigenvalue weighted by Crippen LogP contribution is -2.12. The van der Waals surface area contributed by atoms with Crippen LogP contribution in [0.4, 0.5) is 102 Å². The van der Waals surface area contributed by atoms with Gasteiger partial charge in [0.25, 0.3) is 0 Å². The highest BCUT2D eigenvalue weighted by molar-refractivity contribution is 5.89. The molecule has 6 heteroatoms. The molecule has 0 spiro atoms. The van der Waals surface area contributed by atoms with E-state index >= 15 is 0 Å². The molecule has 0 saturated heterocycles. The Hall–Kier alpha value is -16.8. The number of nitrogens with zero attached hydrogens (tertiary/aromatic N) is 6. The van der Waals surface area contributed by atoms with E-state index in [1.165, 1.54) is 55.6 Å². The quantitative estimate of drug-likeness (QED) is 0.0596. The fourth-order valence-corrected chi connectivity index (χ4v) is 16.9. The van der Waals surface area contributed by atoms with Crippen molar-refractivity contribution in [2.45, 2.75) is 13.8 Å². The summed E-state index contributed by atoms with van der Waals surface area (Å²) in [7, 11) is 0. The largest absolute Gasteiger partial charge is 0.311 e. The first-order chi connectivity index (χ1) is 63.3. The predicted octanol–water partition coefficient (Wildman–Crippen LogP) is 34.8. The van der Waals surface area contributed by atoms with Crippen molar-refractivity contribution in [3.8, 4) is 66.8 Å². The van der Waals surface area contributed by atoms with E-state index in [2.05, 4.69) is 577 Å². The van der Waals surface area contributed by atoms with Gasteiger partial charge in [-0.3, -0.25) is 0 Å². The normalized spacial score (nSPS) is 10.9. The Morgan fingerprint density at radius 3 is 0.391 bits per heavy atom. The summed E-state index contributed by atoms with van der Waals surface area (Å²) >= 11 is 0. The Bertz CT molecular complexity index is 6380. The first-order valence-electron chi connectivity index (χ1n) is 43.7. The van der Waals surface area contributed by atoms with E-state index in [-0.39, 0.29) is 0 Å². The summed E-state index contributed by atoms with van der Waals surface area (Å²) in [6, 6.07) is 191. The third-order valence-corrected chi connectivity index (χ3v) is 23.4. The Morgan fingerprint density at radius 2 is 0.211 bits per heavy atom. The van der Waals surface area contributed by atoms with Crippen LogP contribution in [0.3, 0.4) is 0 Å². The molecule has 0 heterocycles. The first-order valence-corrected chi connectivity index (χ1v) is 43.7. The van der Waals surface area contributed by atoms with Crippen molar-refractivity contribution in [2.75, 3.05) is 29.4 Å². The summed E-state index contributed by atoms with van der Waals surface area (Å²) in [5.74, 6) is 0. The number of rotatable bonds is 24. The number of anilines is 18. The maximum Gasteiger partial charge on any atom is 0.0467 e. The van der Waals surface area contributed by atoms with Crippen molar-refractivity contribution >= 4 is 102 Å². The highest BCUT2D eigenvalue weighted by Gasteiger charge is 2.23. The molecule has 0 saturated carbocycles. The Balaban J connectivity index is 0.000000167. The highest BCUT2D eigenvalue weighted by atomic mass is 15.2. The average molecular weight is 1640 g/mol. The molecule has 20 rings (SSSR count). The first kappa shape index (κ1) is 80.9. The van der Waals surface area contributed by atoms with Gasteiger partial charge in [-0.15, -0.1) is 0 Å². The van der Waals surface area contributed by atoms with Crippen LogP contribution in [-0.2, 0) is 0 Å². The molecular formula is C122H94N6. The van der Waals surface area contributed by atoms with Crippen LogP contribution in [0.25, 0.3) is 66.8 Å². The zero-order valence-electron chi connectivity index (χ0n) is 71.5. The Labute approximate surface area is 752 Å². The maximum absolute atomic E-state index is 2.36. The number of hydrogen-bond donors (Lipinski definition) is 0. The van der Waals surface area contributed by atoms with E-state index in [1.807, 2.05) is 0 Å². The predicted molar refractivity (Wildman–Crippen MR) is 543 cm³/mol. The zero-order chi connectivity index (χ0) is 86.2. The second-order valence-electron chi connectivity index (χ2n) is 31.9. The molecule has 6 nitrogen and oxygen atoms in total. The molecule has 0 N–H and O–H groups in total. The van der Waals surface area contributed by atoms with E-state index in [0.717, 1.165) is 125 Å². The molecule has 0 aliphatic carbocycles. The lowest BCUT2D eigenvalue weighted by atomic mass is 10.0. The zero-order valence-corrected chi connectivity index (χ0v) is 71.5. The molecule has 0 bridgehead atoms. The fraction of sp³-hybridized carbons (Fsp3) is 0.0164. The van der Waals surface area contributed by atoms with Gasteiger partial charge in [-0.05, 0) is 299 Å². The van der Waals surface area contributed by atoms with E-state index < -0.39 is 0 Å². The third kappa shape index (κ3) is 18.5. The minimum absolute atomic E-state index is 1.08. The number of hydrogen-bond acceptors (Lipinski definition) is 6. The average Bonchev–Trinajstić information content (AvgIpc) is 0.793. The second kappa shape index (κ2) is 38.3. The fourth-order valence-electron chi connectivity index (χ4n) is 16.9. The molecule has 20 aromatic rings. The monoisotopic (exact) mass is 1640 g/mol. The van der Waals surface area contributed by atoms with E-state index in [9.17, 15) is 0 Å². The van der Waals surface area contributed by atoms with Crippen LogP contribution in [0, 0.1) is 13.8 Å². The van der Waals surface area contributed by atoms with E-state index in [1.54, 1.807) is 0 Å². The second-order valence-corrected chi connectivity index (χ2v) is 31.9. The number of benzene rings is 20. The molecule has 0 radical (unpaired) electrons. The van der Waals surface area contributed by atoms with Crippen LogP contribution in [0.5, 0.6) is 0 Å². The molecular weight excluding hydrogens is 1550 g/mol. The van der Waals surface area contributed by atoms with Crippen LogP contribution in [-0.4, -0.2) is 0 Å². The van der Waals surface area contributed by atoms with Crippen molar-refractivity contribution < 1.29 is 0 Å². The third-order valence-electron chi connectivity index (χ3n) is 23.4. The SMILES string of the molecule is Cc1ccc(N(c2ccccc2)c2ccc(N(c3ccccc3)c3ccc(-c4ccc(N(c5ccccc5)c5ccc(N(c6ccccc6)c6ccc(C)cc6)cc5)cc4)cc3)cc2)cc1.c1ccc(-c2cccc(N(c3ccc(-c4ccc(N(c5cccc(-c6ccccc6)c5)c5cccc(-c6ccccc6)c5)cc4)cc3)c3cccc(-c4ccccc4)c3)c2)cc1. The van der Waals surface area contributed by atoms with Gasteiger partial charge < -0.3 is 29.4 Å². The molecule has 612 valence electrons. The van der Waals surface area contributed by atoms with E-state index in [4.69, 9.17) is 0 Å². The summed E-state index contributed by atoms with van der Waals surface area (Å²) < 4.78 is 0. The van der Waals surface area contributed by atoms with Gasteiger partial charge in [-0.1, -0.05) is 327 Å². The molecule has 0 amide bonds. The minimum Gasteiger partial charge on any atom is -0.311 e. The van der Waals surface area contributed by atoms with Crippen molar-refractivity contribution in [1.29, 1.82) is 0 Å². The summed E-state index contributed by atoms with van der Waals surface area (Å²) in [5, 5.41) is 0. The summed E-state index contributed by atoms with van der Waals surface area (Å²) in [5.41, 5.74) is 36.3. The lowest BCUT2D eigenvalue weighted by molar-refractivity contribution is 1.25. The topological polar surface area (TPSA) is 19.4 Å². The van der Waals surface area contributed by atoms with Crippen molar-refractivity contribution in [3.05, 3.63) is 545 Å². The molecule has 0 unspecified atom stereocenters. The van der Waals surface area contributed by atoms with Crippen molar-refractivity contribution in [1.82, 2.24) is 0 Å². The lowest BCUT2D eigenvalue weighted by Gasteiger charge is -2.28. The molecule has 0 aliphatic rings. The van der Waals surface area contributed by atoms with Gasteiger partial charge in [0, 0.05) is 102 Å². The van der Waals surface area contributed by atoms with Gasteiger partial charge in [0.15, 0.2) is 0 Å². The highest BCUT2D eigenvalue weighted by Crippen LogP contribution is 2.46. The molecule has 0 aromatic heterocycles. The number of aryl methyl sites for hydroxylation is 2. The van der Waals surface area contributed by atoms with E-state index in [0.29, 0.717) is 0 Å². The molecule has 0 aliphatic heterocycles.